The second-order valence-corrected chi connectivity index (χ2v) is 6.25. The number of hydrogen-bond acceptors (Lipinski definition) is 0. The Kier molecular flexibility index (Phi) is 11.7. The molecule has 0 spiro atoms. The third kappa shape index (κ3) is 13.4. The molecule has 0 heteroatoms. The Morgan fingerprint density at radius 3 is 1.52 bits per heavy atom. The molecule has 0 rings (SSSR count). The molecule has 0 saturated carbocycles. The lowest BCUT2D eigenvalue weighted by atomic mass is 10.0. The van der Waals surface area contributed by atoms with Crippen LogP contribution in [0.25, 0.3) is 0 Å². The minimum atomic E-state index is 1.14. The van der Waals surface area contributed by atoms with Gasteiger partial charge in [-0.25, -0.2) is 0 Å². The van der Waals surface area contributed by atoms with Crippen molar-refractivity contribution in [2.75, 3.05) is 0 Å². The van der Waals surface area contributed by atoms with Crippen LogP contribution in [0.1, 0.15) is 73.1 Å². The standard InChI is InChI=1S/C21H34/c1-7-11-19(4)14-9-15-21(6)17-10-16-20(5)13-8-12-18(2)3/h7,11-12,15-16H,1,8-10,13-14,17H2,2-6H3. The van der Waals surface area contributed by atoms with E-state index in [0.717, 1.165) is 12.8 Å². The van der Waals surface area contributed by atoms with E-state index in [2.05, 4.69) is 65.5 Å². The van der Waals surface area contributed by atoms with Crippen LogP contribution >= 0.6 is 0 Å². The highest BCUT2D eigenvalue weighted by molar-refractivity contribution is 5.10. The lowest BCUT2D eigenvalue weighted by Gasteiger charge is -2.02. The van der Waals surface area contributed by atoms with Gasteiger partial charge in [-0.1, -0.05) is 59.3 Å². The molecule has 0 saturated heterocycles. The first-order valence-electron chi connectivity index (χ1n) is 8.18. The summed E-state index contributed by atoms with van der Waals surface area (Å²) in [4.78, 5) is 0. The molecule has 0 aromatic heterocycles. The average molecular weight is 287 g/mol. The van der Waals surface area contributed by atoms with Gasteiger partial charge in [0.2, 0.25) is 0 Å². The van der Waals surface area contributed by atoms with Crippen LogP contribution in [-0.4, -0.2) is 0 Å². The van der Waals surface area contributed by atoms with E-state index in [0.29, 0.717) is 0 Å². The van der Waals surface area contributed by atoms with E-state index in [9.17, 15) is 0 Å². The van der Waals surface area contributed by atoms with Gasteiger partial charge >= 0.3 is 0 Å². The lowest BCUT2D eigenvalue weighted by Crippen LogP contribution is -1.82. The average Bonchev–Trinajstić information content (AvgIpc) is 2.38. The molecule has 0 nitrogen and oxygen atoms in total. The maximum Gasteiger partial charge on any atom is -0.0285 e. The van der Waals surface area contributed by atoms with Crippen molar-refractivity contribution in [1.29, 1.82) is 0 Å². The van der Waals surface area contributed by atoms with E-state index >= 15 is 0 Å². The molecule has 0 N–H and O–H groups in total. The quantitative estimate of drug-likeness (QED) is 0.291. The van der Waals surface area contributed by atoms with Crippen LogP contribution in [-0.2, 0) is 0 Å². The highest BCUT2D eigenvalue weighted by Crippen LogP contribution is 2.13. The molecule has 0 unspecified atom stereocenters. The summed E-state index contributed by atoms with van der Waals surface area (Å²) in [5, 5.41) is 0. The van der Waals surface area contributed by atoms with Crippen molar-refractivity contribution in [3.63, 3.8) is 0 Å². The second-order valence-electron chi connectivity index (χ2n) is 6.25. The van der Waals surface area contributed by atoms with Crippen LogP contribution in [0.15, 0.2) is 59.3 Å². The summed E-state index contributed by atoms with van der Waals surface area (Å²) in [7, 11) is 0. The van der Waals surface area contributed by atoms with Gasteiger partial charge in [-0.15, -0.1) is 0 Å². The molecule has 0 radical (unpaired) electrons. The summed E-state index contributed by atoms with van der Waals surface area (Å²) in [5.74, 6) is 0. The van der Waals surface area contributed by atoms with Crippen molar-refractivity contribution in [2.45, 2.75) is 73.1 Å². The fraction of sp³-hybridized carbons (Fsp3) is 0.524. The molecular formula is C21H34. The van der Waals surface area contributed by atoms with Crippen molar-refractivity contribution in [3.8, 4) is 0 Å². The zero-order valence-corrected chi connectivity index (χ0v) is 14.8. The van der Waals surface area contributed by atoms with Crippen LogP contribution in [0.5, 0.6) is 0 Å². The van der Waals surface area contributed by atoms with Crippen molar-refractivity contribution in [1.82, 2.24) is 0 Å². The zero-order valence-electron chi connectivity index (χ0n) is 14.8. The van der Waals surface area contributed by atoms with E-state index in [1.165, 1.54) is 48.0 Å². The maximum atomic E-state index is 3.73. The van der Waals surface area contributed by atoms with Gasteiger partial charge in [0.05, 0.1) is 0 Å². The molecule has 0 aliphatic rings. The maximum absolute atomic E-state index is 3.73. The van der Waals surface area contributed by atoms with Crippen molar-refractivity contribution >= 4 is 0 Å². The fourth-order valence-corrected chi connectivity index (χ4v) is 2.17. The highest BCUT2D eigenvalue weighted by atomic mass is 14.0. The normalized spacial score (nSPS) is 13.3. The smallest absolute Gasteiger partial charge is 0.0285 e. The number of allylic oxidation sites excluding steroid dienone is 9. The van der Waals surface area contributed by atoms with Crippen LogP contribution in [0.3, 0.4) is 0 Å². The molecule has 0 aliphatic carbocycles. The Bertz CT molecular complexity index is 409. The first-order chi connectivity index (χ1) is 9.95. The first kappa shape index (κ1) is 19.7. The second kappa shape index (κ2) is 12.4. The van der Waals surface area contributed by atoms with Crippen molar-refractivity contribution in [3.05, 3.63) is 59.3 Å². The summed E-state index contributed by atoms with van der Waals surface area (Å²) in [6.45, 7) is 14.7. The molecule has 0 amide bonds. The Morgan fingerprint density at radius 1 is 0.667 bits per heavy atom. The van der Waals surface area contributed by atoms with Gasteiger partial charge < -0.3 is 0 Å². The van der Waals surface area contributed by atoms with Crippen LogP contribution in [0, 0.1) is 0 Å². The van der Waals surface area contributed by atoms with E-state index in [4.69, 9.17) is 0 Å². The molecule has 0 aliphatic heterocycles. The molecule has 21 heavy (non-hydrogen) atoms. The predicted molar refractivity (Wildman–Crippen MR) is 98.6 cm³/mol. The molecule has 0 aromatic carbocycles. The minimum absolute atomic E-state index is 1.14. The van der Waals surface area contributed by atoms with Gasteiger partial charge in [-0.05, 0) is 73.1 Å². The summed E-state index contributed by atoms with van der Waals surface area (Å²) in [6, 6.07) is 0. The summed E-state index contributed by atoms with van der Waals surface area (Å²) >= 11 is 0. The minimum Gasteiger partial charge on any atom is -0.0991 e. The van der Waals surface area contributed by atoms with Gasteiger partial charge in [0.15, 0.2) is 0 Å². The third-order valence-electron chi connectivity index (χ3n) is 3.56. The van der Waals surface area contributed by atoms with Gasteiger partial charge in [-0.2, -0.15) is 0 Å². The lowest BCUT2D eigenvalue weighted by molar-refractivity contribution is 0.900. The number of hydrogen-bond donors (Lipinski definition) is 0. The third-order valence-corrected chi connectivity index (χ3v) is 3.56. The largest absolute Gasteiger partial charge is 0.0991 e. The van der Waals surface area contributed by atoms with E-state index in [1.807, 2.05) is 6.08 Å². The van der Waals surface area contributed by atoms with Gasteiger partial charge in [-0.3, -0.25) is 0 Å². The van der Waals surface area contributed by atoms with Gasteiger partial charge in [0.1, 0.15) is 0 Å². The SMILES string of the molecule is C=CC=C(C)CCC=C(C)CCC=C(C)CCC=C(C)C. The fourth-order valence-electron chi connectivity index (χ4n) is 2.17. The van der Waals surface area contributed by atoms with Crippen LogP contribution in [0.2, 0.25) is 0 Å². The molecule has 0 fully saturated rings. The highest BCUT2D eigenvalue weighted by Gasteiger charge is 1.93. The molecule has 0 atom stereocenters. The van der Waals surface area contributed by atoms with Crippen LogP contribution < -0.4 is 0 Å². The first-order valence-corrected chi connectivity index (χ1v) is 8.18. The van der Waals surface area contributed by atoms with Gasteiger partial charge in [0.25, 0.3) is 0 Å². The molecule has 0 aromatic rings. The molecule has 118 valence electrons. The Morgan fingerprint density at radius 2 is 1.10 bits per heavy atom. The molecule has 0 heterocycles. The molecule has 0 bridgehead atoms. The van der Waals surface area contributed by atoms with E-state index in [-0.39, 0.29) is 0 Å². The Balaban J connectivity index is 3.96. The zero-order chi connectivity index (χ0) is 16.1. The van der Waals surface area contributed by atoms with E-state index in [1.54, 1.807) is 0 Å². The van der Waals surface area contributed by atoms with Crippen molar-refractivity contribution < 1.29 is 0 Å². The van der Waals surface area contributed by atoms with Crippen molar-refractivity contribution in [2.24, 2.45) is 0 Å². The summed E-state index contributed by atoms with van der Waals surface area (Å²) in [6.07, 6.45) is 18.1. The Labute approximate surface area is 133 Å². The topological polar surface area (TPSA) is 0 Å². The van der Waals surface area contributed by atoms with Crippen LogP contribution in [0.4, 0.5) is 0 Å². The number of rotatable bonds is 10. The summed E-state index contributed by atoms with van der Waals surface area (Å²) < 4.78 is 0. The van der Waals surface area contributed by atoms with E-state index < -0.39 is 0 Å². The van der Waals surface area contributed by atoms with Gasteiger partial charge in [0, 0.05) is 0 Å². The monoisotopic (exact) mass is 286 g/mol. The Hall–Kier alpha value is -1.30. The summed E-state index contributed by atoms with van der Waals surface area (Å²) in [5.41, 5.74) is 5.85. The predicted octanol–water partition coefficient (Wildman–Crippen LogP) is 7.32. The molecular weight excluding hydrogens is 252 g/mol.